The lowest BCUT2D eigenvalue weighted by molar-refractivity contribution is -0.137. The highest BCUT2D eigenvalue weighted by Crippen LogP contribution is 2.37. The van der Waals surface area contributed by atoms with Crippen LogP contribution in [0.2, 0.25) is 5.02 Å². The molecule has 0 saturated carbocycles. The van der Waals surface area contributed by atoms with Crippen molar-refractivity contribution in [3.8, 4) is 0 Å². The fraction of sp³-hybridized carbons (Fsp3) is 0.647. The second kappa shape index (κ2) is 11.5. The van der Waals surface area contributed by atoms with Crippen molar-refractivity contribution >= 4 is 36.4 Å². The molecule has 1 N–H and O–H groups in total. The first-order chi connectivity index (χ1) is 10.9. The Hall–Kier alpha value is -0.200. The van der Waals surface area contributed by atoms with E-state index in [2.05, 4.69) is 17.1 Å². The zero-order chi connectivity index (χ0) is 16.9. The number of nitrogens with zero attached hydrogens (tertiary/aromatic N) is 1. The first-order valence-corrected chi connectivity index (χ1v) is 8.62. The first-order valence-electron chi connectivity index (χ1n) is 8.25. The topological polar surface area (TPSA) is 15.3 Å². The van der Waals surface area contributed by atoms with Crippen molar-refractivity contribution in [2.24, 2.45) is 0 Å². The number of halogens is 6. The molecule has 0 aromatic heterocycles. The Labute approximate surface area is 165 Å². The van der Waals surface area contributed by atoms with E-state index in [1.165, 1.54) is 6.07 Å². The first kappa shape index (κ1) is 24.8. The van der Waals surface area contributed by atoms with Crippen molar-refractivity contribution in [1.29, 1.82) is 0 Å². The molecule has 0 bridgehead atoms. The minimum absolute atomic E-state index is 0. The monoisotopic (exact) mass is 420 g/mol. The molecule has 1 aromatic rings. The number of benzene rings is 1. The molecule has 8 heteroatoms. The molecule has 1 atom stereocenters. The zero-order valence-electron chi connectivity index (χ0n) is 14.2. The van der Waals surface area contributed by atoms with Crippen molar-refractivity contribution in [2.75, 3.05) is 26.2 Å². The number of rotatable bonds is 6. The maximum absolute atomic E-state index is 12.9. The number of unbranched alkanes of at least 4 members (excludes halogenated alkanes) is 2. The summed E-state index contributed by atoms with van der Waals surface area (Å²) in [6.45, 7) is 5.80. The molecule has 0 aliphatic carbocycles. The second-order valence-corrected chi connectivity index (χ2v) is 6.44. The lowest BCUT2D eigenvalue weighted by atomic mass is 9.97. The maximum atomic E-state index is 12.9. The molecular weight excluding hydrogens is 396 g/mol. The predicted molar refractivity (Wildman–Crippen MR) is 102 cm³/mol. The Morgan fingerprint density at radius 2 is 1.80 bits per heavy atom. The molecule has 1 aliphatic heterocycles. The van der Waals surface area contributed by atoms with Crippen molar-refractivity contribution in [3.63, 3.8) is 0 Å². The van der Waals surface area contributed by atoms with E-state index >= 15 is 0 Å². The fourth-order valence-electron chi connectivity index (χ4n) is 3.11. The third-order valence-electron chi connectivity index (χ3n) is 4.36. The van der Waals surface area contributed by atoms with E-state index in [0.29, 0.717) is 0 Å². The quantitative estimate of drug-likeness (QED) is 0.590. The minimum atomic E-state index is -4.40. The molecular formula is C17H26Cl3F3N2. The van der Waals surface area contributed by atoms with Gasteiger partial charge in [0, 0.05) is 32.2 Å². The number of hydrogen-bond donors (Lipinski definition) is 1. The van der Waals surface area contributed by atoms with E-state index in [9.17, 15) is 13.2 Å². The van der Waals surface area contributed by atoms with Crippen LogP contribution in [0, 0.1) is 0 Å². The average Bonchev–Trinajstić information content (AvgIpc) is 2.51. The third kappa shape index (κ3) is 7.14. The number of piperazine rings is 1. The standard InChI is InChI=1S/C17H24ClF3N2.2ClH/c1-2-3-4-5-16(23-10-8-22-9-11-23)13-6-7-14(15(18)12-13)17(19,20)21;;/h6-7,12,16,22H,2-5,8-11H2,1H3;2*1H/t16-;;/m1../s1. The number of hydrogen-bond acceptors (Lipinski definition) is 2. The van der Waals surface area contributed by atoms with Gasteiger partial charge in [-0.3, -0.25) is 4.90 Å². The van der Waals surface area contributed by atoms with Crippen LogP contribution in [0.5, 0.6) is 0 Å². The molecule has 1 saturated heterocycles. The summed E-state index contributed by atoms with van der Waals surface area (Å²) in [5.41, 5.74) is 0.136. The van der Waals surface area contributed by atoms with Crippen LogP contribution in [0.15, 0.2) is 18.2 Å². The molecule has 1 aromatic carbocycles. The SMILES string of the molecule is CCCCC[C@H](c1ccc(C(F)(F)F)c(Cl)c1)N1CCNCC1.Cl.Cl. The van der Waals surface area contributed by atoms with Gasteiger partial charge in [0.05, 0.1) is 10.6 Å². The van der Waals surface area contributed by atoms with Crippen LogP contribution >= 0.6 is 36.4 Å². The number of nitrogens with one attached hydrogen (secondary N) is 1. The summed E-state index contributed by atoms with van der Waals surface area (Å²) in [7, 11) is 0. The Balaban J connectivity index is 0.00000288. The van der Waals surface area contributed by atoms with Crippen LogP contribution in [0.3, 0.4) is 0 Å². The molecule has 1 heterocycles. The van der Waals surface area contributed by atoms with Gasteiger partial charge in [0.1, 0.15) is 0 Å². The van der Waals surface area contributed by atoms with Gasteiger partial charge in [-0.05, 0) is 24.1 Å². The largest absolute Gasteiger partial charge is 0.417 e. The van der Waals surface area contributed by atoms with Gasteiger partial charge in [-0.2, -0.15) is 13.2 Å². The smallest absolute Gasteiger partial charge is 0.314 e. The van der Waals surface area contributed by atoms with Crippen LogP contribution < -0.4 is 5.32 Å². The molecule has 146 valence electrons. The van der Waals surface area contributed by atoms with Gasteiger partial charge in [0.2, 0.25) is 0 Å². The van der Waals surface area contributed by atoms with Gasteiger partial charge in [-0.15, -0.1) is 24.8 Å². The summed E-state index contributed by atoms with van der Waals surface area (Å²) in [4.78, 5) is 2.35. The van der Waals surface area contributed by atoms with Crippen LogP contribution in [0.25, 0.3) is 0 Å². The van der Waals surface area contributed by atoms with Crippen molar-refractivity contribution in [2.45, 2.75) is 44.8 Å². The van der Waals surface area contributed by atoms with Crippen molar-refractivity contribution < 1.29 is 13.2 Å². The second-order valence-electron chi connectivity index (χ2n) is 6.03. The van der Waals surface area contributed by atoms with E-state index in [1.54, 1.807) is 6.07 Å². The molecule has 0 radical (unpaired) electrons. The van der Waals surface area contributed by atoms with Crippen LogP contribution in [-0.4, -0.2) is 31.1 Å². The molecule has 0 amide bonds. The summed E-state index contributed by atoms with van der Waals surface area (Å²) >= 11 is 5.91. The van der Waals surface area contributed by atoms with Gasteiger partial charge in [-0.25, -0.2) is 0 Å². The molecule has 25 heavy (non-hydrogen) atoms. The van der Waals surface area contributed by atoms with Gasteiger partial charge in [0.25, 0.3) is 0 Å². The molecule has 1 fully saturated rings. The highest BCUT2D eigenvalue weighted by atomic mass is 35.5. The van der Waals surface area contributed by atoms with Gasteiger partial charge >= 0.3 is 6.18 Å². The molecule has 1 aliphatic rings. The Kier molecular flexibility index (Phi) is 11.4. The maximum Gasteiger partial charge on any atom is 0.417 e. The van der Waals surface area contributed by atoms with Gasteiger partial charge in [-0.1, -0.05) is 43.9 Å². The lowest BCUT2D eigenvalue weighted by Crippen LogP contribution is -2.45. The Morgan fingerprint density at radius 1 is 1.16 bits per heavy atom. The summed E-state index contributed by atoms with van der Waals surface area (Å²) in [5, 5.41) is 3.11. The average molecular weight is 422 g/mol. The van der Waals surface area contributed by atoms with Crippen LogP contribution in [-0.2, 0) is 6.18 Å². The highest BCUT2D eigenvalue weighted by Gasteiger charge is 2.33. The van der Waals surface area contributed by atoms with Crippen molar-refractivity contribution in [1.82, 2.24) is 10.2 Å². The normalized spacial score (nSPS) is 16.7. The van der Waals surface area contributed by atoms with E-state index in [1.807, 2.05) is 0 Å². The molecule has 2 rings (SSSR count). The molecule has 0 spiro atoms. The minimum Gasteiger partial charge on any atom is -0.314 e. The van der Waals surface area contributed by atoms with Crippen LogP contribution in [0.4, 0.5) is 13.2 Å². The Bertz CT molecular complexity index is 506. The molecule has 0 unspecified atom stereocenters. The van der Waals surface area contributed by atoms with Gasteiger partial charge < -0.3 is 5.32 Å². The van der Waals surface area contributed by atoms with E-state index in [0.717, 1.165) is 63.5 Å². The Morgan fingerprint density at radius 3 is 2.32 bits per heavy atom. The third-order valence-corrected chi connectivity index (χ3v) is 4.67. The summed E-state index contributed by atoms with van der Waals surface area (Å²) in [6.07, 6.45) is -0.110. The summed E-state index contributed by atoms with van der Waals surface area (Å²) in [6, 6.07) is 4.35. The summed E-state index contributed by atoms with van der Waals surface area (Å²) < 4.78 is 38.6. The van der Waals surface area contributed by atoms with E-state index in [-0.39, 0.29) is 35.9 Å². The summed E-state index contributed by atoms with van der Waals surface area (Å²) in [5.74, 6) is 0. The van der Waals surface area contributed by atoms with E-state index < -0.39 is 11.7 Å². The predicted octanol–water partition coefficient (Wildman–Crippen LogP) is 5.73. The molecule has 2 nitrogen and oxygen atoms in total. The lowest BCUT2D eigenvalue weighted by Gasteiger charge is -2.35. The number of alkyl halides is 3. The van der Waals surface area contributed by atoms with E-state index in [4.69, 9.17) is 11.6 Å². The zero-order valence-corrected chi connectivity index (χ0v) is 16.6. The van der Waals surface area contributed by atoms with Gasteiger partial charge in [0.15, 0.2) is 0 Å². The fourth-order valence-corrected chi connectivity index (χ4v) is 3.41. The van der Waals surface area contributed by atoms with Crippen LogP contribution in [0.1, 0.15) is 49.8 Å². The van der Waals surface area contributed by atoms with Crippen molar-refractivity contribution in [3.05, 3.63) is 34.3 Å². The highest BCUT2D eigenvalue weighted by molar-refractivity contribution is 6.31.